The molecule has 5 N–H and O–H groups in total. The molecule has 10 heteroatoms. The van der Waals surface area contributed by atoms with E-state index in [-0.39, 0.29) is 24.6 Å². The van der Waals surface area contributed by atoms with Crippen LogP contribution in [-0.2, 0) is 4.84 Å². The summed E-state index contributed by atoms with van der Waals surface area (Å²) in [7, 11) is 0. The normalized spacial score (nSPS) is 11.5. The second-order valence-electron chi connectivity index (χ2n) is 5.03. The molecule has 1 rings (SSSR count). The number of nitrogens with zero attached hydrogens (tertiary/aromatic N) is 2. The smallest absolute Gasteiger partial charge is 0.240 e. The highest BCUT2D eigenvalue weighted by atomic mass is 35.5. The highest BCUT2D eigenvalue weighted by Gasteiger charge is 2.15. The topological polar surface area (TPSA) is 110 Å². The van der Waals surface area contributed by atoms with Gasteiger partial charge in [0.25, 0.3) is 0 Å². The average molecular weight is 397 g/mol. The molecule has 0 spiro atoms. The zero-order valence-electron chi connectivity index (χ0n) is 13.4. The van der Waals surface area contributed by atoms with E-state index >= 15 is 0 Å². The van der Waals surface area contributed by atoms with E-state index in [1.54, 1.807) is 6.07 Å². The highest BCUT2D eigenvalue weighted by molar-refractivity contribution is 6.43. The van der Waals surface area contributed by atoms with Crippen molar-refractivity contribution in [2.75, 3.05) is 13.2 Å². The molecule has 134 valence electrons. The van der Waals surface area contributed by atoms with Crippen LogP contribution in [-0.4, -0.2) is 36.1 Å². The van der Waals surface area contributed by atoms with Gasteiger partial charge in [0.15, 0.2) is 5.96 Å². The maximum atomic E-state index is 7.44. The molecule has 0 aliphatic carbocycles. The van der Waals surface area contributed by atoms with Crippen LogP contribution < -0.4 is 16.2 Å². The fraction of sp³-hybridized carbons (Fsp3) is 0.429. The van der Waals surface area contributed by atoms with Crippen LogP contribution in [0.15, 0.2) is 17.3 Å². The van der Waals surface area contributed by atoms with E-state index in [9.17, 15) is 0 Å². The van der Waals surface area contributed by atoms with Crippen LogP contribution in [0.4, 0.5) is 0 Å². The fourth-order valence-electron chi connectivity index (χ4n) is 1.74. The molecular weight excluding hydrogens is 377 g/mol. The summed E-state index contributed by atoms with van der Waals surface area (Å²) in [4.78, 5) is 6.44. The third kappa shape index (κ3) is 6.14. The lowest BCUT2D eigenvalue weighted by molar-refractivity contribution is 0.124. The number of nitrogens with two attached hydrogens (primary N) is 2. The van der Waals surface area contributed by atoms with Crippen molar-refractivity contribution >= 4 is 46.7 Å². The van der Waals surface area contributed by atoms with Gasteiger partial charge in [-0.1, -0.05) is 34.8 Å². The number of oxime groups is 1. The minimum atomic E-state index is -0.201. The van der Waals surface area contributed by atoms with Crippen LogP contribution in [0.2, 0.25) is 15.1 Å². The lowest BCUT2D eigenvalue weighted by Gasteiger charge is -2.24. The summed E-state index contributed by atoms with van der Waals surface area (Å²) in [6.07, 6.45) is 0.537. The predicted molar refractivity (Wildman–Crippen MR) is 98.0 cm³/mol. The van der Waals surface area contributed by atoms with Gasteiger partial charge in [0, 0.05) is 18.5 Å². The largest absolute Gasteiger partial charge is 0.492 e. The van der Waals surface area contributed by atoms with Gasteiger partial charge in [0.1, 0.15) is 12.4 Å². The molecule has 0 saturated carbocycles. The minimum absolute atomic E-state index is 0.0194. The molecule has 1 aromatic carbocycles. The Morgan fingerprint density at radius 1 is 1.17 bits per heavy atom. The van der Waals surface area contributed by atoms with Gasteiger partial charge < -0.3 is 21.0 Å². The van der Waals surface area contributed by atoms with Crippen molar-refractivity contribution in [3.8, 4) is 5.75 Å². The molecule has 0 radical (unpaired) electrons. The summed E-state index contributed by atoms with van der Waals surface area (Å²) >= 11 is 17.7. The van der Waals surface area contributed by atoms with E-state index in [4.69, 9.17) is 61.3 Å². The molecule has 0 bridgehead atoms. The van der Waals surface area contributed by atoms with Gasteiger partial charge in [0.05, 0.1) is 21.7 Å². The monoisotopic (exact) mass is 395 g/mol. The highest BCUT2D eigenvalue weighted by Crippen LogP contribution is 2.33. The zero-order valence-corrected chi connectivity index (χ0v) is 15.6. The number of halogens is 3. The van der Waals surface area contributed by atoms with Gasteiger partial charge in [-0.2, -0.15) is 0 Å². The molecule has 7 nitrogen and oxygen atoms in total. The third-order valence-electron chi connectivity index (χ3n) is 2.79. The van der Waals surface area contributed by atoms with Gasteiger partial charge in [0.2, 0.25) is 5.96 Å². The molecule has 0 heterocycles. The summed E-state index contributed by atoms with van der Waals surface area (Å²) in [5.41, 5.74) is 11.2. The Bertz CT molecular complexity index is 610. The van der Waals surface area contributed by atoms with E-state index in [1.165, 1.54) is 11.0 Å². The molecule has 24 heavy (non-hydrogen) atoms. The summed E-state index contributed by atoms with van der Waals surface area (Å²) < 4.78 is 5.50. The van der Waals surface area contributed by atoms with Crippen molar-refractivity contribution < 1.29 is 9.57 Å². The zero-order chi connectivity index (χ0) is 18.3. The second kappa shape index (κ2) is 9.66. The number of hydrogen-bond donors (Lipinski definition) is 3. The quantitative estimate of drug-likeness (QED) is 0.215. The van der Waals surface area contributed by atoms with Crippen LogP contribution in [0, 0.1) is 5.41 Å². The lowest BCUT2D eigenvalue weighted by atomic mass is 10.3. The van der Waals surface area contributed by atoms with E-state index in [0.29, 0.717) is 33.8 Å². The van der Waals surface area contributed by atoms with Gasteiger partial charge in [-0.15, -0.1) is 0 Å². The van der Waals surface area contributed by atoms with Crippen molar-refractivity contribution in [3.63, 3.8) is 0 Å². The van der Waals surface area contributed by atoms with E-state index in [0.717, 1.165) is 0 Å². The number of hydrogen-bond acceptors (Lipinski definition) is 4. The summed E-state index contributed by atoms with van der Waals surface area (Å²) in [6.45, 7) is 4.27. The first kappa shape index (κ1) is 20.5. The maximum absolute atomic E-state index is 7.44. The standard InChI is InChI=1S/C14H20Cl3N5O2/c1-8(2)22(13(18)19)14(20)21-24-5-3-4-23-12-7-10(16)9(15)6-11(12)17/h6-8H,3-5H2,1-2H3,(H3,18,19)(H2,20,21). The molecule has 1 aromatic rings. The first-order valence-corrected chi connectivity index (χ1v) is 8.23. The molecule has 0 aromatic heterocycles. The Morgan fingerprint density at radius 2 is 1.79 bits per heavy atom. The number of benzene rings is 1. The van der Waals surface area contributed by atoms with Crippen molar-refractivity contribution in [2.24, 2.45) is 16.6 Å². The second-order valence-corrected chi connectivity index (χ2v) is 6.25. The Balaban J connectivity index is 2.40. The molecular formula is C14H20Cl3N5O2. The van der Waals surface area contributed by atoms with Crippen LogP contribution in [0.1, 0.15) is 20.3 Å². The first-order chi connectivity index (χ1) is 11.2. The van der Waals surface area contributed by atoms with Crippen molar-refractivity contribution in [1.29, 1.82) is 5.41 Å². The fourth-order valence-corrected chi connectivity index (χ4v) is 2.33. The molecule has 0 saturated heterocycles. The van der Waals surface area contributed by atoms with Gasteiger partial charge in [-0.05, 0) is 25.1 Å². The van der Waals surface area contributed by atoms with Gasteiger partial charge in [-0.25, -0.2) is 0 Å². The van der Waals surface area contributed by atoms with E-state index in [2.05, 4.69) is 5.16 Å². The van der Waals surface area contributed by atoms with Crippen molar-refractivity contribution in [3.05, 3.63) is 27.2 Å². The van der Waals surface area contributed by atoms with Crippen molar-refractivity contribution in [2.45, 2.75) is 26.3 Å². The number of ether oxygens (including phenoxy) is 1. The lowest BCUT2D eigenvalue weighted by Crippen LogP contribution is -2.49. The van der Waals surface area contributed by atoms with Crippen LogP contribution in [0.25, 0.3) is 0 Å². The minimum Gasteiger partial charge on any atom is -0.492 e. The van der Waals surface area contributed by atoms with E-state index in [1.807, 2.05) is 13.8 Å². The van der Waals surface area contributed by atoms with Crippen molar-refractivity contribution in [1.82, 2.24) is 4.90 Å². The molecule has 0 amide bonds. The Labute approximate surface area is 155 Å². The molecule has 0 aliphatic rings. The van der Waals surface area contributed by atoms with Crippen LogP contribution in [0.5, 0.6) is 5.75 Å². The molecule has 0 unspecified atom stereocenters. The molecule has 0 atom stereocenters. The maximum Gasteiger partial charge on any atom is 0.240 e. The SMILES string of the molecule is CC(C)N(C(=N)N)C(N)=NOCCCOc1cc(Cl)c(Cl)cc1Cl. The summed E-state index contributed by atoms with van der Waals surface area (Å²) in [5, 5.41) is 12.3. The molecule has 0 fully saturated rings. The average Bonchev–Trinajstić information content (AvgIpc) is 2.46. The summed E-state index contributed by atoms with van der Waals surface area (Å²) in [5.74, 6) is 0.259. The number of guanidine groups is 2. The Morgan fingerprint density at radius 3 is 2.38 bits per heavy atom. The first-order valence-electron chi connectivity index (χ1n) is 7.10. The van der Waals surface area contributed by atoms with Gasteiger partial charge >= 0.3 is 0 Å². The number of nitrogens with one attached hydrogen (secondary N) is 1. The van der Waals surface area contributed by atoms with Crippen LogP contribution >= 0.6 is 34.8 Å². The number of rotatable bonds is 7. The summed E-state index contributed by atoms with van der Waals surface area (Å²) in [6, 6.07) is 2.97. The van der Waals surface area contributed by atoms with Gasteiger partial charge in [-0.3, -0.25) is 10.3 Å². The van der Waals surface area contributed by atoms with Crippen LogP contribution in [0.3, 0.4) is 0 Å². The Kier molecular flexibility index (Phi) is 8.24. The predicted octanol–water partition coefficient (Wildman–Crippen LogP) is 3.27. The third-order valence-corrected chi connectivity index (χ3v) is 3.81. The van der Waals surface area contributed by atoms with E-state index < -0.39 is 0 Å². The Hall–Kier alpha value is -1.57. The molecule has 0 aliphatic heterocycles.